The van der Waals surface area contributed by atoms with Gasteiger partial charge in [0, 0.05) is 25.8 Å². The maximum absolute atomic E-state index is 5.95. The average Bonchev–Trinajstić information content (AvgIpc) is 3.32. The molecule has 0 unspecified atom stereocenters. The number of aromatic nitrogens is 2. The SMILES string of the molecule is COc1ccc(CNC[C@@H]2OCCc3cn(CC4CC4)nc32)cc1. The molecule has 0 spiro atoms. The molecule has 4 rings (SSSR count). The number of hydrogen-bond acceptors (Lipinski definition) is 4. The van der Waals surface area contributed by atoms with E-state index in [1.807, 2.05) is 12.1 Å². The van der Waals surface area contributed by atoms with E-state index in [0.29, 0.717) is 0 Å². The van der Waals surface area contributed by atoms with Gasteiger partial charge in [-0.1, -0.05) is 12.1 Å². The van der Waals surface area contributed by atoms with Gasteiger partial charge in [0.1, 0.15) is 11.9 Å². The molecule has 0 radical (unpaired) electrons. The third kappa shape index (κ3) is 3.62. The van der Waals surface area contributed by atoms with Gasteiger partial charge in [-0.2, -0.15) is 5.10 Å². The summed E-state index contributed by atoms with van der Waals surface area (Å²) in [6.45, 7) is 3.47. The monoisotopic (exact) mass is 327 g/mol. The summed E-state index contributed by atoms with van der Waals surface area (Å²) in [5, 5.41) is 8.29. The van der Waals surface area contributed by atoms with Crippen molar-refractivity contribution in [2.45, 2.75) is 38.5 Å². The topological polar surface area (TPSA) is 48.3 Å². The Kier molecular flexibility index (Phi) is 4.54. The van der Waals surface area contributed by atoms with Crippen LogP contribution in [0.3, 0.4) is 0 Å². The summed E-state index contributed by atoms with van der Waals surface area (Å²) in [5.74, 6) is 1.74. The molecule has 0 bridgehead atoms. The first kappa shape index (κ1) is 15.7. The fourth-order valence-corrected chi connectivity index (χ4v) is 3.24. The first-order valence-electron chi connectivity index (χ1n) is 8.83. The third-order valence-corrected chi connectivity index (χ3v) is 4.83. The van der Waals surface area contributed by atoms with Crippen molar-refractivity contribution in [1.29, 1.82) is 0 Å². The van der Waals surface area contributed by atoms with Crippen LogP contribution in [0.5, 0.6) is 5.75 Å². The second-order valence-corrected chi connectivity index (χ2v) is 6.79. The molecule has 1 N–H and O–H groups in total. The van der Waals surface area contributed by atoms with E-state index >= 15 is 0 Å². The summed E-state index contributed by atoms with van der Waals surface area (Å²) >= 11 is 0. The highest BCUT2D eigenvalue weighted by molar-refractivity contribution is 5.27. The van der Waals surface area contributed by atoms with Crippen LogP contribution in [0.1, 0.15) is 35.8 Å². The van der Waals surface area contributed by atoms with Crippen molar-refractivity contribution in [2.75, 3.05) is 20.3 Å². The zero-order valence-corrected chi connectivity index (χ0v) is 14.2. The van der Waals surface area contributed by atoms with Gasteiger partial charge in [-0.15, -0.1) is 0 Å². The molecule has 2 aliphatic rings. The number of rotatable bonds is 7. The van der Waals surface area contributed by atoms with Crippen LogP contribution < -0.4 is 10.1 Å². The summed E-state index contributed by atoms with van der Waals surface area (Å²) < 4.78 is 13.3. The number of nitrogens with zero attached hydrogens (tertiary/aromatic N) is 2. The molecule has 0 amide bonds. The molecule has 5 heteroatoms. The van der Waals surface area contributed by atoms with Crippen LogP contribution in [0, 0.1) is 5.92 Å². The van der Waals surface area contributed by atoms with Crippen molar-refractivity contribution in [2.24, 2.45) is 5.92 Å². The van der Waals surface area contributed by atoms with Gasteiger partial charge < -0.3 is 14.8 Å². The van der Waals surface area contributed by atoms with Crippen molar-refractivity contribution in [3.63, 3.8) is 0 Å². The van der Waals surface area contributed by atoms with Crippen LogP contribution in [0.4, 0.5) is 0 Å². The van der Waals surface area contributed by atoms with E-state index in [1.165, 1.54) is 24.0 Å². The lowest BCUT2D eigenvalue weighted by Crippen LogP contribution is -2.27. The van der Waals surface area contributed by atoms with Crippen LogP contribution in [-0.4, -0.2) is 30.0 Å². The zero-order chi connectivity index (χ0) is 16.4. The lowest BCUT2D eigenvalue weighted by Gasteiger charge is -2.22. The van der Waals surface area contributed by atoms with Gasteiger partial charge in [-0.25, -0.2) is 0 Å². The van der Waals surface area contributed by atoms with Crippen LogP contribution in [0.2, 0.25) is 0 Å². The van der Waals surface area contributed by atoms with Crippen LogP contribution in [-0.2, 0) is 24.2 Å². The second kappa shape index (κ2) is 6.95. The predicted octanol–water partition coefficient (Wildman–Crippen LogP) is 2.71. The Labute approximate surface area is 143 Å². The summed E-state index contributed by atoms with van der Waals surface area (Å²) in [6.07, 6.45) is 5.98. The Morgan fingerprint density at radius 3 is 2.88 bits per heavy atom. The smallest absolute Gasteiger partial charge is 0.118 e. The Bertz CT molecular complexity index is 676. The van der Waals surface area contributed by atoms with Crippen LogP contribution >= 0.6 is 0 Å². The maximum atomic E-state index is 5.95. The number of nitrogens with one attached hydrogen (secondary N) is 1. The molecule has 0 saturated heterocycles. The molecule has 2 aromatic rings. The molecule has 1 aliphatic carbocycles. The highest BCUT2D eigenvalue weighted by atomic mass is 16.5. The minimum absolute atomic E-state index is 0.0625. The Balaban J connectivity index is 1.34. The number of ether oxygens (including phenoxy) is 2. The lowest BCUT2D eigenvalue weighted by atomic mass is 10.1. The Hall–Kier alpha value is -1.85. The summed E-state index contributed by atoms with van der Waals surface area (Å²) in [6, 6.07) is 8.16. The fraction of sp³-hybridized carbons (Fsp3) is 0.526. The van der Waals surface area contributed by atoms with Crippen molar-refractivity contribution in [3.8, 4) is 5.75 Å². The van der Waals surface area contributed by atoms with Gasteiger partial charge in [0.05, 0.1) is 19.4 Å². The summed E-state index contributed by atoms with van der Waals surface area (Å²) in [4.78, 5) is 0. The van der Waals surface area contributed by atoms with Crippen LogP contribution in [0.25, 0.3) is 0 Å². The van der Waals surface area contributed by atoms with E-state index in [9.17, 15) is 0 Å². The van der Waals surface area contributed by atoms with Crippen molar-refractivity contribution in [1.82, 2.24) is 15.1 Å². The summed E-state index contributed by atoms with van der Waals surface area (Å²) in [5.41, 5.74) is 3.73. The van der Waals surface area contributed by atoms with E-state index < -0.39 is 0 Å². The molecule has 1 fully saturated rings. The fourth-order valence-electron chi connectivity index (χ4n) is 3.24. The number of fused-ring (bicyclic) bond motifs is 1. The molecular weight excluding hydrogens is 302 g/mol. The van der Waals surface area contributed by atoms with Gasteiger partial charge >= 0.3 is 0 Å². The second-order valence-electron chi connectivity index (χ2n) is 6.79. The van der Waals surface area contributed by atoms with E-state index in [-0.39, 0.29) is 6.10 Å². The largest absolute Gasteiger partial charge is 0.497 e. The first-order valence-corrected chi connectivity index (χ1v) is 8.83. The average molecular weight is 327 g/mol. The van der Waals surface area contributed by atoms with E-state index in [4.69, 9.17) is 14.6 Å². The minimum Gasteiger partial charge on any atom is -0.497 e. The molecular formula is C19H25N3O2. The van der Waals surface area contributed by atoms with Gasteiger partial charge in [-0.3, -0.25) is 4.68 Å². The van der Waals surface area contributed by atoms with Crippen molar-refractivity contribution >= 4 is 0 Å². The predicted molar refractivity (Wildman–Crippen MR) is 92.0 cm³/mol. The lowest BCUT2D eigenvalue weighted by molar-refractivity contribution is 0.0392. The normalized spacial score (nSPS) is 20.0. The van der Waals surface area contributed by atoms with E-state index in [2.05, 4.69) is 28.3 Å². The van der Waals surface area contributed by atoms with Gasteiger partial charge in [-0.05, 0) is 48.4 Å². The van der Waals surface area contributed by atoms with Gasteiger partial charge in [0.15, 0.2) is 0 Å². The Morgan fingerprint density at radius 2 is 2.12 bits per heavy atom. The molecule has 24 heavy (non-hydrogen) atoms. The van der Waals surface area contributed by atoms with Crippen molar-refractivity contribution in [3.05, 3.63) is 47.3 Å². The minimum atomic E-state index is 0.0625. The highest BCUT2D eigenvalue weighted by Crippen LogP contribution is 2.32. The molecule has 1 aliphatic heterocycles. The van der Waals surface area contributed by atoms with E-state index in [0.717, 1.165) is 50.0 Å². The Morgan fingerprint density at radius 1 is 1.29 bits per heavy atom. The molecule has 128 valence electrons. The number of hydrogen-bond donors (Lipinski definition) is 1. The molecule has 1 saturated carbocycles. The number of methoxy groups -OCH3 is 1. The number of benzene rings is 1. The summed E-state index contributed by atoms with van der Waals surface area (Å²) in [7, 11) is 1.69. The first-order chi connectivity index (χ1) is 11.8. The molecule has 1 aromatic carbocycles. The van der Waals surface area contributed by atoms with Crippen LogP contribution in [0.15, 0.2) is 30.5 Å². The van der Waals surface area contributed by atoms with Crippen molar-refractivity contribution < 1.29 is 9.47 Å². The standard InChI is InChI=1S/C19H25N3O2/c1-23-17-6-4-14(5-7-17)10-20-11-18-19-16(8-9-24-18)13-22(21-19)12-15-2-3-15/h4-7,13,15,18,20H,2-3,8-12H2,1H3/t18-/m0/s1. The van der Waals surface area contributed by atoms with Gasteiger partial charge in [0.25, 0.3) is 0 Å². The molecule has 5 nitrogen and oxygen atoms in total. The third-order valence-electron chi connectivity index (χ3n) is 4.83. The zero-order valence-electron chi connectivity index (χ0n) is 14.2. The molecule has 2 heterocycles. The van der Waals surface area contributed by atoms with Gasteiger partial charge in [0.2, 0.25) is 0 Å². The molecule has 1 aromatic heterocycles. The maximum Gasteiger partial charge on any atom is 0.118 e. The quantitative estimate of drug-likeness (QED) is 0.849. The van der Waals surface area contributed by atoms with E-state index in [1.54, 1.807) is 7.11 Å². The molecule has 1 atom stereocenters. The highest BCUT2D eigenvalue weighted by Gasteiger charge is 2.27.